The largest absolute Gasteiger partial charge is 0.759 e. The summed E-state index contributed by atoms with van der Waals surface area (Å²) in [5.41, 5.74) is 10.4. The van der Waals surface area contributed by atoms with Crippen LogP contribution in [0.2, 0.25) is 0 Å². The van der Waals surface area contributed by atoms with Gasteiger partial charge in [0.05, 0.1) is 0 Å². The highest BCUT2D eigenvalue weighted by molar-refractivity contribution is 7.79. The average Bonchev–Trinajstić information content (AvgIpc) is 2.84. The van der Waals surface area contributed by atoms with Crippen LogP contribution in [0.25, 0.3) is 32.2 Å². The van der Waals surface area contributed by atoms with Crippen LogP contribution >= 0.6 is 0 Å². The summed E-state index contributed by atoms with van der Waals surface area (Å²) in [6.07, 6.45) is 0. The van der Waals surface area contributed by atoms with Gasteiger partial charge in [0.1, 0.15) is 0 Å². The van der Waals surface area contributed by atoms with Crippen LogP contribution in [0, 0.1) is 38.5 Å². The van der Waals surface area contributed by atoms with Crippen molar-refractivity contribution in [1.29, 1.82) is 10.8 Å². The molecule has 0 atom stereocenters. The topological polar surface area (TPSA) is 137 Å². The predicted molar refractivity (Wildman–Crippen MR) is 143 cm³/mol. The van der Waals surface area contributed by atoms with Crippen LogP contribution in [0.5, 0.6) is 0 Å². The van der Waals surface area contributed by atoms with Gasteiger partial charge in [0, 0.05) is 33.7 Å². The summed E-state index contributed by atoms with van der Waals surface area (Å²) in [5, 5.41) is 17.5. The van der Waals surface area contributed by atoms with E-state index in [1.165, 1.54) is 22.3 Å². The quantitative estimate of drug-likeness (QED) is 0.154. The van der Waals surface area contributed by atoms with Crippen LogP contribution in [0.4, 0.5) is 11.4 Å². The molecule has 4 rings (SSSR count). The van der Waals surface area contributed by atoms with E-state index in [0.29, 0.717) is 11.4 Å². The zero-order chi connectivity index (χ0) is 27.6. The Morgan fingerprint density at radius 3 is 1.16 bits per heavy atom. The van der Waals surface area contributed by atoms with Gasteiger partial charge in [-0.25, -0.2) is 0 Å². The molecule has 0 unspecified atom stereocenters. The minimum atomic E-state index is -5.17. The number of hydrogen-bond acceptors (Lipinski definition) is 6. The van der Waals surface area contributed by atoms with Crippen LogP contribution in [0.1, 0.15) is 22.3 Å². The van der Waals surface area contributed by atoms with Crippen molar-refractivity contribution in [3.63, 3.8) is 0 Å². The summed E-state index contributed by atoms with van der Waals surface area (Å²) >= 11 is 0. The number of benzene rings is 4. The lowest BCUT2D eigenvalue weighted by Gasteiger charge is -2.06. The molecule has 0 N–H and O–H groups in total. The van der Waals surface area contributed by atoms with E-state index in [2.05, 4.69) is 48.1 Å². The number of diazo groups is 2. The van der Waals surface area contributed by atoms with E-state index in [1.54, 1.807) is 0 Å². The van der Waals surface area contributed by atoms with Crippen LogP contribution in [-0.4, -0.2) is 17.5 Å². The Labute approximate surface area is 217 Å². The summed E-state index contributed by atoms with van der Waals surface area (Å²) in [7, 11) is -5.17. The zero-order valence-corrected chi connectivity index (χ0v) is 21.7. The fourth-order valence-electron chi connectivity index (χ4n) is 3.66. The summed E-state index contributed by atoms with van der Waals surface area (Å²) in [4.78, 5) is 6.45. The molecule has 0 saturated carbocycles. The lowest BCUT2D eigenvalue weighted by Crippen LogP contribution is -1.91. The van der Waals surface area contributed by atoms with E-state index in [1.807, 2.05) is 74.5 Å². The first-order valence-corrected chi connectivity index (χ1v) is 12.5. The highest BCUT2D eigenvalue weighted by Crippen LogP contribution is 2.29. The van der Waals surface area contributed by atoms with Crippen molar-refractivity contribution < 1.29 is 17.5 Å². The van der Waals surface area contributed by atoms with Gasteiger partial charge >= 0.3 is 11.4 Å². The molecule has 0 aromatic heterocycles. The Morgan fingerprint density at radius 1 is 0.568 bits per heavy atom. The standard InChI is InChI=1S/2C14H13N2.H2O4S/c2*1-10-5-3-4-6-13(10)12-7-8-14(16-15)11(2)9-12;1-5(2,3)4/h2*3-9H,1-2H3;(H2,1,2,3,4)/q2*+1;/p-2. The predicted octanol–water partition coefficient (Wildman–Crippen LogP) is 7.57. The van der Waals surface area contributed by atoms with E-state index in [-0.39, 0.29) is 0 Å². The van der Waals surface area contributed by atoms with E-state index >= 15 is 0 Å². The van der Waals surface area contributed by atoms with E-state index in [9.17, 15) is 0 Å². The SMILES string of the molecule is Cc1cc(-c2ccccc2C)ccc1[N+]#N.Cc1cc(-c2ccccc2C)ccc1[N+]#N.O=S(=O)([O-])[O-]. The van der Waals surface area contributed by atoms with Crippen LogP contribution < -0.4 is 0 Å². The van der Waals surface area contributed by atoms with Crippen molar-refractivity contribution in [1.82, 2.24) is 0 Å². The van der Waals surface area contributed by atoms with Crippen molar-refractivity contribution >= 4 is 21.8 Å². The van der Waals surface area contributed by atoms with Crippen LogP contribution in [0.15, 0.2) is 84.9 Å². The number of rotatable bonds is 2. The van der Waals surface area contributed by atoms with Gasteiger partial charge in [-0.15, -0.1) is 0 Å². The third-order valence-electron chi connectivity index (χ3n) is 5.52. The van der Waals surface area contributed by atoms with Gasteiger partial charge in [-0.2, -0.15) is 0 Å². The molecule has 8 nitrogen and oxygen atoms in total. The van der Waals surface area contributed by atoms with E-state index < -0.39 is 10.4 Å². The second-order valence-corrected chi connectivity index (χ2v) is 9.06. The Hall–Kier alpha value is -4.41. The Kier molecular flexibility index (Phi) is 10.2. The van der Waals surface area contributed by atoms with E-state index in [0.717, 1.165) is 22.3 Å². The molecule has 37 heavy (non-hydrogen) atoms. The van der Waals surface area contributed by atoms with Gasteiger partial charge in [-0.1, -0.05) is 48.5 Å². The number of aryl methyl sites for hydroxylation is 4. The summed E-state index contributed by atoms with van der Waals surface area (Å²) < 4.78 is 34.1. The van der Waals surface area contributed by atoms with Crippen molar-refractivity contribution in [2.45, 2.75) is 27.7 Å². The first kappa shape index (κ1) is 28.8. The zero-order valence-electron chi connectivity index (χ0n) is 20.9. The third kappa shape index (κ3) is 8.95. The van der Waals surface area contributed by atoms with Crippen LogP contribution in [-0.2, 0) is 10.4 Å². The molecule has 0 heterocycles. The Balaban J connectivity index is 0.000000221. The van der Waals surface area contributed by atoms with Gasteiger partial charge < -0.3 is 9.11 Å². The molecule has 0 aliphatic heterocycles. The van der Waals surface area contributed by atoms with Crippen molar-refractivity contribution in [2.24, 2.45) is 0 Å². The Morgan fingerprint density at radius 2 is 0.892 bits per heavy atom. The normalized spacial score (nSPS) is 10.1. The fourth-order valence-corrected chi connectivity index (χ4v) is 3.66. The molecule has 0 aliphatic rings. The molecular formula is C28H26N4O4S. The van der Waals surface area contributed by atoms with Crippen molar-refractivity contribution in [3.05, 3.63) is 117 Å². The summed E-state index contributed by atoms with van der Waals surface area (Å²) in [5.74, 6) is 0. The third-order valence-corrected chi connectivity index (χ3v) is 5.52. The molecule has 0 spiro atoms. The molecule has 0 aliphatic carbocycles. The molecule has 0 bridgehead atoms. The van der Waals surface area contributed by atoms with Gasteiger partial charge in [0.2, 0.25) is 10.8 Å². The van der Waals surface area contributed by atoms with Gasteiger partial charge in [-0.3, -0.25) is 8.42 Å². The maximum absolute atomic E-state index is 8.76. The van der Waals surface area contributed by atoms with Crippen molar-refractivity contribution in [3.8, 4) is 22.3 Å². The molecule has 0 amide bonds. The Bertz CT molecular complexity index is 1470. The monoisotopic (exact) mass is 514 g/mol. The molecule has 4 aromatic carbocycles. The summed E-state index contributed by atoms with van der Waals surface area (Å²) in [6.45, 7) is 8.07. The molecular weight excluding hydrogens is 488 g/mol. The molecule has 0 radical (unpaired) electrons. The minimum Gasteiger partial charge on any atom is -0.759 e. The second kappa shape index (κ2) is 13.1. The first-order valence-electron chi connectivity index (χ1n) is 11.1. The number of hydrogen-bond donors (Lipinski definition) is 0. The molecule has 0 fully saturated rings. The van der Waals surface area contributed by atoms with E-state index in [4.69, 9.17) is 28.3 Å². The smallest absolute Gasteiger partial charge is 0.387 e. The second-order valence-electron chi connectivity index (χ2n) is 8.24. The average molecular weight is 515 g/mol. The lowest BCUT2D eigenvalue weighted by atomic mass is 9.99. The molecule has 0 saturated heterocycles. The minimum absolute atomic E-state index is 0.623. The molecule has 188 valence electrons. The highest BCUT2D eigenvalue weighted by Gasteiger charge is 2.12. The van der Waals surface area contributed by atoms with Crippen LogP contribution in [0.3, 0.4) is 0 Å². The maximum Gasteiger partial charge on any atom is 0.387 e. The summed E-state index contributed by atoms with van der Waals surface area (Å²) in [6, 6.07) is 28.2. The van der Waals surface area contributed by atoms with Gasteiger partial charge in [0.25, 0.3) is 0 Å². The molecule has 4 aromatic rings. The highest BCUT2D eigenvalue weighted by atomic mass is 32.3. The maximum atomic E-state index is 8.76. The van der Waals surface area contributed by atoms with Gasteiger partial charge in [0.15, 0.2) is 9.95 Å². The van der Waals surface area contributed by atoms with Crippen molar-refractivity contribution in [2.75, 3.05) is 0 Å². The fraction of sp³-hybridized carbons (Fsp3) is 0.143. The number of nitrogens with zero attached hydrogens (tertiary/aromatic N) is 4. The first-order chi connectivity index (χ1) is 17.4. The van der Waals surface area contributed by atoms with Gasteiger partial charge in [-0.05, 0) is 85.3 Å². The lowest BCUT2D eigenvalue weighted by molar-refractivity contribution is 0.352. The molecule has 9 heteroatoms.